The summed E-state index contributed by atoms with van der Waals surface area (Å²) in [6, 6.07) is 41.9. The number of fused-ring (bicyclic) bond motifs is 3. The van der Waals surface area contributed by atoms with Crippen molar-refractivity contribution in [2.45, 2.75) is 12.1 Å². The van der Waals surface area contributed by atoms with Gasteiger partial charge in [-0.05, 0) is 69.3 Å². The molecule has 45 heavy (non-hydrogen) atoms. The Kier molecular flexibility index (Phi) is 7.61. The van der Waals surface area contributed by atoms with Crippen molar-refractivity contribution >= 4 is 33.2 Å². The Labute approximate surface area is 264 Å². The number of nitrogens with two attached hydrogens (primary N) is 1. The summed E-state index contributed by atoms with van der Waals surface area (Å²) >= 11 is 0. The standard InChI is InChI=1S/C42H34N2O/c1-3-13-28(4-2)41(43)33-19-11-17-31(25-33)30-16-10-18-32(24-30)39-27-34(26-38(44-39)29-14-6-5-7-15-29)35-21-12-22-37-36-20-8-9-23-40(36)45-42(35)37/h3-27,39,41,44H,1-2,43H2/b28-13+. The molecule has 1 aliphatic rings. The molecule has 0 radical (unpaired) electrons. The minimum Gasteiger partial charge on any atom is -0.455 e. The van der Waals surface area contributed by atoms with Crippen molar-refractivity contribution in [1.82, 2.24) is 5.32 Å². The van der Waals surface area contributed by atoms with Gasteiger partial charge in [0.25, 0.3) is 0 Å². The predicted molar refractivity (Wildman–Crippen MR) is 189 cm³/mol. The molecule has 5 aromatic carbocycles. The molecule has 3 heteroatoms. The zero-order chi connectivity index (χ0) is 30.8. The number of allylic oxidation sites excluding steroid dienone is 4. The number of rotatable bonds is 8. The van der Waals surface area contributed by atoms with E-state index in [4.69, 9.17) is 10.2 Å². The van der Waals surface area contributed by atoms with Gasteiger partial charge in [-0.3, -0.25) is 0 Å². The molecule has 0 fully saturated rings. The average Bonchev–Trinajstić information content (AvgIpc) is 3.49. The Balaban J connectivity index is 1.31. The Hall–Kier alpha value is -5.64. The van der Waals surface area contributed by atoms with E-state index in [1.54, 1.807) is 12.2 Å². The maximum absolute atomic E-state index is 6.62. The van der Waals surface area contributed by atoms with Crippen molar-refractivity contribution in [1.29, 1.82) is 0 Å². The maximum Gasteiger partial charge on any atom is 0.143 e. The fourth-order valence-corrected chi connectivity index (χ4v) is 6.19. The van der Waals surface area contributed by atoms with E-state index in [2.05, 4.69) is 134 Å². The van der Waals surface area contributed by atoms with Crippen LogP contribution in [0.25, 0.3) is 44.3 Å². The van der Waals surface area contributed by atoms with Crippen LogP contribution >= 0.6 is 0 Å². The zero-order valence-corrected chi connectivity index (χ0v) is 25.0. The lowest BCUT2D eigenvalue weighted by atomic mass is 9.90. The van der Waals surface area contributed by atoms with Crippen molar-refractivity contribution < 1.29 is 4.42 Å². The number of hydrogen-bond donors (Lipinski definition) is 2. The van der Waals surface area contributed by atoms with Gasteiger partial charge in [0.2, 0.25) is 0 Å². The topological polar surface area (TPSA) is 51.2 Å². The minimum absolute atomic E-state index is 0.0619. The van der Waals surface area contributed by atoms with E-state index >= 15 is 0 Å². The summed E-state index contributed by atoms with van der Waals surface area (Å²) in [7, 11) is 0. The molecule has 6 aromatic rings. The van der Waals surface area contributed by atoms with Crippen LogP contribution in [0.5, 0.6) is 0 Å². The van der Waals surface area contributed by atoms with Gasteiger partial charge >= 0.3 is 0 Å². The summed E-state index contributed by atoms with van der Waals surface area (Å²) in [5, 5.41) is 6.06. The number of para-hydroxylation sites is 2. The van der Waals surface area contributed by atoms with E-state index in [-0.39, 0.29) is 12.1 Å². The average molecular weight is 583 g/mol. The van der Waals surface area contributed by atoms with Gasteiger partial charge < -0.3 is 15.5 Å². The molecule has 7 rings (SSSR count). The second-order valence-corrected chi connectivity index (χ2v) is 11.3. The maximum atomic E-state index is 6.62. The summed E-state index contributed by atoms with van der Waals surface area (Å²) in [4.78, 5) is 0. The highest BCUT2D eigenvalue weighted by molar-refractivity contribution is 6.09. The van der Waals surface area contributed by atoms with Gasteiger partial charge in [0, 0.05) is 22.0 Å². The van der Waals surface area contributed by atoms with Crippen molar-refractivity contribution in [3.63, 3.8) is 0 Å². The Morgan fingerprint density at radius 1 is 0.756 bits per heavy atom. The van der Waals surface area contributed by atoms with Crippen molar-refractivity contribution in [3.8, 4) is 11.1 Å². The third kappa shape index (κ3) is 5.46. The Morgan fingerprint density at radius 3 is 2.29 bits per heavy atom. The van der Waals surface area contributed by atoms with Crippen LogP contribution in [-0.2, 0) is 0 Å². The van der Waals surface area contributed by atoms with E-state index in [9.17, 15) is 0 Å². The highest BCUT2D eigenvalue weighted by Gasteiger charge is 2.21. The third-order valence-corrected chi connectivity index (χ3v) is 8.49. The third-order valence-electron chi connectivity index (χ3n) is 8.49. The van der Waals surface area contributed by atoms with Crippen LogP contribution < -0.4 is 11.1 Å². The van der Waals surface area contributed by atoms with Crippen molar-refractivity contribution in [2.75, 3.05) is 0 Å². The number of furan rings is 1. The SMILES string of the molecule is C=C/C=C(\C=C)C(N)c1cccc(-c2cccc(C3C=C(c4cccc5c4oc4ccccc45)C=C(c4ccccc4)N3)c2)c1. The number of benzene rings is 5. The first-order chi connectivity index (χ1) is 22.1. The molecule has 3 nitrogen and oxygen atoms in total. The monoisotopic (exact) mass is 582 g/mol. The molecule has 0 saturated heterocycles. The summed E-state index contributed by atoms with van der Waals surface area (Å²) < 4.78 is 6.45. The summed E-state index contributed by atoms with van der Waals surface area (Å²) in [6.45, 7) is 7.75. The highest BCUT2D eigenvalue weighted by atomic mass is 16.3. The number of nitrogens with one attached hydrogen (secondary N) is 1. The summed E-state index contributed by atoms with van der Waals surface area (Å²) in [5.74, 6) is 0. The quantitative estimate of drug-likeness (QED) is 0.176. The van der Waals surface area contributed by atoms with Crippen LogP contribution in [0.2, 0.25) is 0 Å². The molecule has 2 atom stereocenters. The first-order valence-corrected chi connectivity index (χ1v) is 15.2. The molecule has 0 spiro atoms. The van der Waals surface area contributed by atoms with Gasteiger partial charge in [-0.25, -0.2) is 0 Å². The van der Waals surface area contributed by atoms with E-state index < -0.39 is 0 Å². The van der Waals surface area contributed by atoms with Gasteiger partial charge in [-0.2, -0.15) is 0 Å². The van der Waals surface area contributed by atoms with E-state index in [1.165, 1.54) is 0 Å². The molecule has 2 heterocycles. The first kappa shape index (κ1) is 28.1. The van der Waals surface area contributed by atoms with Crippen LogP contribution in [0.15, 0.2) is 175 Å². The number of hydrogen-bond acceptors (Lipinski definition) is 3. The van der Waals surface area contributed by atoms with Gasteiger partial charge in [-0.15, -0.1) is 0 Å². The molecule has 1 aliphatic heterocycles. The fraction of sp³-hybridized carbons (Fsp3) is 0.0476. The largest absolute Gasteiger partial charge is 0.455 e. The molecule has 3 N–H and O–H groups in total. The molecule has 218 valence electrons. The van der Waals surface area contributed by atoms with Crippen molar-refractivity contribution in [3.05, 3.63) is 193 Å². The molecule has 0 amide bonds. The van der Waals surface area contributed by atoms with Crippen LogP contribution in [0, 0.1) is 0 Å². The van der Waals surface area contributed by atoms with Gasteiger partial charge in [0.1, 0.15) is 11.2 Å². The van der Waals surface area contributed by atoms with Crippen LogP contribution in [-0.4, -0.2) is 0 Å². The summed E-state index contributed by atoms with van der Waals surface area (Å²) in [5.41, 5.74) is 18.2. The van der Waals surface area contributed by atoms with E-state index in [0.717, 1.165) is 72.2 Å². The van der Waals surface area contributed by atoms with Gasteiger partial charge in [0.15, 0.2) is 0 Å². The Bertz CT molecular complexity index is 2140. The molecule has 1 aromatic heterocycles. The van der Waals surface area contributed by atoms with Crippen molar-refractivity contribution in [2.24, 2.45) is 5.73 Å². The van der Waals surface area contributed by atoms with Gasteiger partial charge in [-0.1, -0.05) is 135 Å². The minimum atomic E-state index is -0.284. The predicted octanol–water partition coefficient (Wildman–Crippen LogP) is 10.3. The lowest BCUT2D eigenvalue weighted by Crippen LogP contribution is -2.21. The molecule has 2 unspecified atom stereocenters. The summed E-state index contributed by atoms with van der Waals surface area (Å²) in [6.07, 6.45) is 9.98. The molecule has 0 bridgehead atoms. The smallest absolute Gasteiger partial charge is 0.143 e. The highest BCUT2D eigenvalue weighted by Crippen LogP contribution is 2.38. The first-order valence-electron chi connectivity index (χ1n) is 15.2. The van der Waals surface area contributed by atoms with Crippen LogP contribution in [0.1, 0.15) is 34.3 Å². The van der Waals surface area contributed by atoms with Gasteiger partial charge in [0.05, 0.1) is 12.1 Å². The van der Waals surface area contributed by atoms with Crippen LogP contribution in [0.3, 0.4) is 0 Å². The molecular weight excluding hydrogens is 548 g/mol. The van der Waals surface area contributed by atoms with E-state index in [1.807, 2.05) is 24.3 Å². The second kappa shape index (κ2) is 12.2. The molecule has 0 aliphatic carbocycles. The molecule has 0 saturated carbocycles. The number of dihydropyridines is 1. The Morgan fingerprint density at radius 2 is 1.47 bits per heavy atom. The normalized spacial score (nSPS) is 15.7. The zero-order valence-electron chi connectivity index (χ0n) is 25.0. The second-order valence-electron chi connectivity index (χ2n) is 11.3. The lowest BCUT2D eigenvalue weighted by Gasteiger charge is -2.26. The fourth-order valence-electron chi connectivity index (χ4n) is 6.19. The van der Waals surface area contributed by atoms with Crippen LogP contribution in [0.4, 0.5) is 0 Å². The molecular formula is C42H34N2O. The van der Waals surface area contributed by atoms with E-state index in [0.29, 0.717) is 0 Å². The lowest BCUT2D eigenvalue weighted by molar-refractivity contribution is 0.667.